The lowest BCUT2D eigenvalue weighted by atomic mass is 10.1. The van der Waals surface area contributed by atoms with Gasteiger partial charge >= 0.3 is 5.97 Å². The normalized spacial score (nSPS) is 15.4. The molecule has 0 unspecified atom stereocenters. The number of hydrogen-bond acceptors (Lipinski definition) is 5. The van der Waals surface area contributed by atoms with Crippen LogP contribution in [0.3, 0.4) is 0 Å². The van der Waals surface area contributed by atoms with Gasteiger partial charge in [-0.05, 0) is 36.4 Å². The highest BCUT2D eigenvalue weighted by atomic mass is 35.5. The van der Waals surface area contributed by atoms with Crippen LogP contribution in [0.2, 0.25) is 20.1 Å². The number of halogens is 4. The first-order valence-corrected chi connectivity index (χ1v) is 10.6. The van der Waals surface area contributed by atoms with Crippen LogP contribution in [0.25, 0.3) is 0 Å². The van der Waals surface area contributed by atoms with Crippen molar-refractivity contribution in [1.29, 1.82) is 0 Å². The predicted molar refractivity (Wildman–Crippen MR) is 120 cm³/mol. The first-order valence-electron chi connectivity index (χ1n) is 9.12. The zero-order valence-corrected chi connectivity index (χ0v) is 19.2. The van der Waals surface area contributed by atoms with E-state index < -0.39 is 36.2 Å². The largest absolute Gasteiger partial charge is 0.455 e. The fourth-order valence-corrected chi connectivity index (χ4v) is 3.58. The van der Waals surface area contributed by atoms with E-state index in [9.17, 15) is 19.2 Å². The Labute approximate surface area is 202 Å². The standard InChI is InChI=1S/C20H15Cl4N3O5/c21-12-2-4-16(15(24)7-12)25-17(28)9-32-20(31)11-6-18(29)27(8-11)26-19(30)10-1-3-13(22)14(23)5-10/h1-5,7,11H,6,8-9H2,(H,25,28)(H,26,30)/t11-/m0/s1. The van der Waals surface area contributed by atoms with Gasteiger partial charge in [-0.1, -0.05) is 46.4 Å². The molecule has 1 aliphatic rings. The van der Waals surface area contributed by atoms with Gasteiger partial charge in [-0.15, -0.1) is 0 Å². The number of nitrogens with zero attached hydrogens (tertiary/aromatic N) is 1. The second kappa shape index (κ2) is 10.4. The predicted octanol–water partition coefficient (Wildman–Crippen LogP) is 3.98. The molecule has 12 heteroatoms. The van der Waals surface area contributed by atoms with Crippen molar-refractivity contribution in [2.24, 2.45) is 5.92 Å². The molecule has 1 heterocycles. The summed E-state index contributed by atoms with van der Waals surface area (Å²) in [6.45, 7) is -0.673. The Morgan fingerprint density at radius 2 is 1.75 bits per heavy atom. The van der Waals surface area contributed by atoms with E-state index in [4.69, 9.17) is 51.1 Å². The van der Waals surface area contributed by atoms with Crippen LogP contribution in [0.1, 0.15) is 16.8 Å². The van der Waals surface area contributed by atoms with Gasteiger partial charge in [0.25, 0.3) is 11.8 Å². The van der Waals surface area contributed by atoms with Gasteiger partial charge in [0.15, 0.2) is 6.61 Å². The molecule has 0 radical (unpaired) electrons. The number of nitrogens with one attached hydrogen (secondary N) is 2. The summed E-state index contributed by atoms with van der Waals surface area (Å²) < 4.78 is 4.99. The number of esters is 1. The number of anilines is 1. The van der Waals surface area contributed by atoms with Crippen LogP contribution in [0.5, 0.6) is 0 Å². The fraction of sp³-hybridized carbons (Fsp3) is 0.200. The maximum Gasteiger partial charge on any atom is 0.311 e. The highest BCUT2D eigenvalue weighted by Crippen LogP contribution is 2.26. The summed E-state index contributed by atoms with van der Waals surface area (Å²) in [5.74, 6) is -3.27. The lowest BCUT2D eigenvalue weighted by Gasteiger charge is -2.17. The van der Waals surface area contributed by atoms with Crippen molar-refractivity contribution in [3.63, 3.8) is 0 Å². The van der Waals surface area contributed by atoms with Crippen LogP contribution in [0.4, 0.5) is 5.69 Å². The molecule has 0 aliphatic carbocycles. The van der Waals surface area contributed by atoms with Crippen molar-refractivity contribution in [2.75, 3.05) is 18.5 Å². The van der Waals surface area contributed by atoms with Crippen LogP contribution in [0.15, 0.2) is 36.4 Å². The number of hydrogen-bond donors (Lipinski definition) is 2. The van der Waals surface area contributed by atoms with Gasteiger partial charge in [-0.25, -0.2) is 0 Å². The van der Waals surface area contributed by atoms with Crippen LogP contribution in [-0.2, 0) is 19.1 Å². The summed E-state index contributed by atoms with van der Waals surface area (Å²) in [6.07, 6.45) is -0.175. The monoisotopic (exact) mass is 517 g/mol. The third-order valence-corrected chi connectivity index (χ3v) is 5.71. The summed E-state index contributed by atoms with van der Waals surface area (Å²) in [6, 6.07) is 8.76. The number of carbonyl (C=O) groups is 4. The lowest BCUT2D eigenvalue weighted by molar-refractivity contribution is -0.151. The molecule has 32 heavy (non-hydrogen) atoms. The molecule has 3 rings (SSSR count). The third kappa shape index (κ3) is 6.04. The molecule has 3 amide bonds. The zero-order valence-electron chi connectivity index (χ0n) is 16.2. The molecular weight excluding hydrogens is 504 g/mol. The van der Waals surface area contributed by atoms with Gasteiger partial charge in [0.2, 0.25) is 5.91 Å². The highest BCUT2D eigenvalue weighted by Gasteiger charge is 2.36. The molecule has 2 aromatic carbocycles. The van der Waals surface area contributed by atoms with E-state index in [-0.39, 0.29) is 33.6 Å². The molecule has 168 valence electrons. The lowest BCUT2D eigenvalue weighted by Crippen LogP contribution is -2.43. The minimum Gasteiger partial charge on any atom is -0.455 e. The summed E-state index contributed by atoms with van der Waals surface area (Å²) >= 11 is 23.5. The Kier molecular flexibility index (Phi) is 7.84. The second-order valence-electron chi connectivity index (χ2n) is 6.76. The quantitative estimate of drug-likeness (QED) is 0.563. The third-order valence-electron chi connectivity index (χ3n) is 4.43. The van der Waals surface area contributed by atoms with Gasteiger partial charge < -0.3 is 10.1 Å². The summed E-state index contributed by atoms with van der Waals surface area (Å²) in [5, 5.41) is 4.61. The molecule has 1 fully saturated rings. The summed E-state index contributed by atoms with van der Waals surface area (Å²) in [4.78, 5) is 48.8. The molecular formula is C20H15Cl4N3O5. The molecule has 0 spiro atoms. The Morgan fingerprint density at radius 1 is 1.00 bits per heavy atom. The number of hydrazine groups is 1. The van der Waals surface area contributed by atoms with Crippen LogP contribution < -0.4 is 10.7 Å². The average Bonchev–Trinajstić information content (AvgIpc) is 3.10. The highest BCUT2D eigenvalue weighted by molar-refractivity contribution is 6.42. The van der Waals surface area contributed by atoms with Crippen molar-refractivity contribution in [1.82, 2.24) is 10.4 Å². The second-order valence-corrected chi connectivity index (χ2v) is 8.41. The Morgan fingerprint density at radius 3 is 2.44 bits per heavy atom. The van der Waals surface area contributed by atoms with Crippen molar-refractivity contribution in [3.05, 3.63) is 62.1 Å². The molecule has 2 aromatic rings. The minimum atomic E-state index is -0.844. The van der Waals surface area contributed by atoms with Gasteiger partial charge in [0, 0.05) is 17.0 Å². The van der Waals surface area contributed by atoms with E-state index in [1.54, 1.807) is 6.07 Å². The van der Waals surface area contributed by atoms with E-state index in [1.165, 1.54) is 30.3 Å². The summed E-state index contributed by atoms with van der Waals surface area (Å²) in [5.41, 5.74) is 2.92. The number of rotatable bonds is 6. The van der Waals surface area contributed by atoms with E-state index in [0.29, 0.717) is 10.7 Å². The van der Waals surface area contributed by atoms with Gasteiger partial charge in [0.05, 0.1) is 33.2 Å². The zero-order chi connectivity index (χ0) is 23.4. The van der Waals surface area contributed by atoms with Crippen LogP contribution >= 0.6 is 46.4 Å². The van der Waals surface area contributed by atoms with Crippen molar-refractivity contribution >= 4 is 75.8 Å². The van der Waals surface area contributed by atoms with Gasteiger partial charge in [-0.2, -0.15) is 0 Å². The average molecular weight is 519 g/mol. The summed E-state index contributed by atoms with van der Waals surface area (Å²) in [7, 11) is 0. The molecule has 0 bridgehead atoms. The van der Waals surface area contributed by atoms with E-state index in [1.807, 2.05) is 0 Å². The minimum absolute atomic E-state index is 0.102. The van der Waals surface area contributed by atoms with Crippen molar-refractivity contribution in [2.45, 2.75) is 6.42 Å². The van der Waals surface area contributed by atoms with E-state index >= 15 is 0 Å². The first kappa shape index (κ1) is 24.1. The molecule has 0 aromatic heterocycles. The van der Waals surface area contributed by atoms with E-state index in [2.05, 4.69) is 10.7 Å². The molecule has 1 saturated heterocycles. The maximum atomic E-state index is 12.3. The first-order chi connectivity index (χ1) is 15.1. The maximum absolute atomic E-state index is 12.3. The number of ether oxygens (including phenoxy) is 1. The van der Waals surface area contributed by atoms with Crippen LogP contribution in [-0.4, -0.2) is 41.9 Å². The van der Waals surface area contributed by atoms with Crippen LogP contribution in [0, 0.1) is 5.92 Å². The van der Waals surface area contributed by atoms with E-state index in [0.717, 1.165) is 5.01 Å². The Bertz CT molecular complexity index is 1090. The Balaban J connectivity index is 1.50. The molecule has 1 atom stereocenters. The Hall–Kier alpha value is -2.52. The topological polar surface area (TPSA) is 105 Å². The molecule has 0 saturated carbocycles. The van der Waals surface area contributed by atoms with Crippen molar-refractivity contribution < 1.29 is 23.9 Å². The van der Waals surface area contributed by atoms with Gasteiger partial charge in [-0.3, -0.25) is 29.6 Å². The SMILES string of the molecule is O=C(COC(=O)[C@H]1CC(=O)N(NC(=O)c2ccc(Cl)c(Cl)c2)C1)Nc1ccc(Cl)cc1Cl. The number of benzene rings is 2. The molecule has 2 N–H and O–H groups in total. The van der Waals surface area contributed by atoms with Gasteiger partial charge in [0.1, 0.15) is 0 Å². The smallest absolute Gasteiger partial charge is 0.311 e. The molecule has 1 aliphatic heterocycles. The fourth-order valence-electron chi connectivity index (χ4n) is 2.83. The number of carbonyl (C=O) groups excluding carboxylic acids is 4. The molecule has 8 nitrogen and oxygen atoms in total. The van der Waals surface area contributed by atoms with Crippen molar-refractivity contribution in [3.8, 4) is 0 Å². The number of amides is 3.